The summed E-state index contributed by atoms with van der Waals surface area (Å²) in [5.41, 5.74) is 2.19. The molecule has 1 fully saturated rings. The zero-order valence-corrected chi connectivity index (χ0v) is 11.6. The average Bonchev–Trinajstić information content (AvgIpc) is 2.43. The van der Waals surface area contributed by atoms with E-state index < -0.39 is 0 Å². The molecule has 2 rings (SSSR count). The first kappa shape index (κ1) is 14.0. The fourth-order valence-corrected chi connectivity index (χ4v) is 2.44. The highest BCUT2D eigenvalue weighted by molar-refractivity contribution is 5.26. The molecule has 1 unspecified atom stereocenters. The first-order chi connectivity index (χ1) is 9.10. The normalized spacial score (nSPS) is 19.1. The topological polar surface area (TPSA) is 30.3 Å². The lowest BCUT2D eigenvalue weighted by molar-refractivity contribution is 0.114. The van der Waals surface area contributed by atoms with E-state index >= 15 is 0 Å². The van der Waals surface area contributed by atoms with Crippen LogP contribution in [0.15, 0.2) is 18.2 Å². The number of halogens is 1. The van der Waals surface area contributed by atoms with Crippen LogP contribution in [0.2, 0.25) is 0 Å². The maximum absolute atomic E-state index is 13.3. The second kappa shape index (κ2) is 6.14. The molecule has 0 bridgehead atoms. The molecule has 102 valence electrons. The molecule has 1 aliphatic rings. The monoisotopic (exact) mass is 261 g/mol. The van der Waals surface area contributed by atoms with Gasteiger partial charge in [-0.15, -0.1) is 0 Å². The van der Waals surface area contributed by atoms with Crippen LogP contribution in [0.3, 0.4) is 0 Å². The predicted octanol–water partition coefficient (Wildman–Crippen LogP) is 2.16. The van der Waals surface area contributed by atoms with Crippen molar-refractivity contribution in [2.45, 2.75) is 26.4 Å². The van der Waals surface area contributed by atoms with Gasteiger partial charge in [0.15, 0.2) is 0 Å². The van der Waals surface area contributed by atoms with Crippen LogP contribution in [-0.2, 0) is 6.54 Å². The van der Waals surface area contributed by atoms with E-state index in [1.54, 1.807) is 6.07 Å². The summed E-state index contributed by atoms with van der Waals surface area (Å²) in [4.78, 5) is 4.51. The van der Waals surface area contributed by atoms with Crippen molar-refractivity contribution in [3.05, 3.63) is 35.1 Å². The molecule has 0 spiro atoms. The van der Waals surface area contributed by atoms with E-state index in [1.165, 1.54) is 6.07 Å². The number of piperazine rings is 1. The highest BCUT2D eigenvalue weighted by Gasteiger charge is 2.21. The van der Waals surface area contributed by atoms with Gasteiger partial charge in [0.05, 0.1) is 12.1 Å². The molecule has 19 heavy (non-hydrogen) atoms. The van der Waals surface area contributed by atoms with Crippen LogP contribution in [0.5, 0.6) is 0 Å². The Bertz CT molecular complexity index is 473. The van der Waals surface area contributed by atoms with Crippen molar-refractivity contribution in [3.63, 3.8) is 0 Å². The van der Waals surface area contributed by atoms with Gasteiger partial charge in [-0.05, 0) is 37.1 Å². The summed E-state index contributed by atoms with van der Waals surface area (Å²) in [6.45, 7) is 8.42. The van der Waals surface area contributed by atoms with Crippen molar-refractivity contribution in [1.29, 1.82) is 5.26 Å². The zero-order chi connectivity index (χ0) is 13.8. The Balaban J connectivity index is 1.92. The molecule has 4 heteroatoms. The Morgan fingerprint density at radius 2 is 2.00 bits per heavy atom. The number of hydrogen-bond donors (Lipinski definition) is 0. The molecule has 1 aromatic rings. The Hall–Kier alpha value is -1.44. The second-order valence-electron chi connectivity index (χ2n) is 5.19. The van der Waals surface area contributed by atoms with Crippen molar-refractivity contribution >= 4 is 0 Å². The minimum atomic E-state index is -0.169. The summed E-state index contributed by atoms with van der Waals surface area (Å²) < 4.78 is 13.3. The molecule has 0 N–H and O–H groups in total. The van der Waals surface area contributed by atoms with E-state index in [0.717, 1.165) is 43.9 Å². The zero-order valence-electron chi connectivity index (χ0n) is 11.6. The van der Waals surface area contributed by atoms with Crippen LogP contribution >= 0.6 is 0 Å². The van der Waals surface area contributed by atoms with E-state index in [-0.39, 0.29) is 11.9 Å². The summed E-state index contributed by atoms with van der Waals surface area (Å²) in [6.07, 6.45) is 0. The number of nitrogens with zero attached hydrogens (tertiary/aromatic N) is 3. The van der Waals surface area contributed by atoms with Gasteiger partial charge in [0.25, 0.3) is 0 Å². The van der Waals surface area contributed by atoms with Gasteiger partial charge in [-0.1, -0.05) is 6.07 Å². The van der Waals surface area contributed by atoms with Crippen LogP contribution in [0.4, 0.5) is 4.39 Å². The summed E-state index contributed by atoms with van der Waals surface area (Å²) >= 11 is 0. The fraction of sp³-hybridized carbons (Fsp3) is 0.533. The standard InChI is InChI=1S/C15H20FN3/c1-12-3-4-15(16)9-14(12)11-18-5-7-19(8-6-18)13(2)10-17/h3-4,9,13H,5-8,11H2,1-2H3. The Morgan fingerprint density at radius 1 is 1.32 bits per heavy atom. The third-order valence-electron chi connectivity index (χ3n) is 3.85. The van der Waals surface area contributed by atoms with Crippen molar-refractivity contribution in [2.24, 2.45) is 0 Å². The maximum atomic E-state index is 13.3. The first-order valence-corrected chi connectivity index (χ1v) is 6.71. The lowest BCUT2D eigenvalue weighted by Gasteiger charge is -2.36. The molecular weight excluding hydrogens is 241 g/mol. The highest BCUT2D eigenvalue weighted by Crippen LogP contribution is 2.15. The van der Waals surface area contributed by atoms with Gasteiger partial charge in [0, 0.05) is 32.7 Å². The van der Waals surface area contributed by atoms with Crippen LogP contribution < -0.4 is 0 Å². The minimum absolute atomic E-state index is 0.0157. The first-order valence-electron chi connectivity index (χ1n) is 6.71. The summed E-state index contributed by atoms with van der Waals surface area (Å²) in [7, 11) is 0. The van der Waals surface area contributed by atoms with E-state index in [4.69, 9.17) is 5.26 Å². The quantitative estimate of drug-likeness (QED) is 0.835. The van der Waals surface area contributed by atoms with Gasteiger partial charge >= 0.3 is 0 Å². The molecule has 0 aromatic heterocycles. The number of nitriles is 1. The van der Waals surface area contributed by atoms with Crippen LogP contribution in [-0.4, -0.2) is 42.0 Å². The van der Waals surface area contributed by atoms with E-state index in [9.17, 15) is 4.39 Å². The average molecular weight is 261 g/mol. The Labute approximate surface area is 114 Å². The number of hydrogen-bond acceptors (Lipinski definition) is 3. The van der Waals surface area contributed by atoms with Gasteiger partial charge < -0.3 is 0 Å². The molecule has 1 saturated heterocycles. The molecule has 1 atom stereocenters. The van der Waals surface area contributed by atoms with Crippen molar-refractivity contribution < 1.29 is 4.39 Å². The lowest BCUT2D eigenvalue weighted by atomic mass is 10.1. The molecule has 3 nitrogen and oxygen atoms in total. The maximum Gasteiger partial charge on any atom is 0.123 e. The third kappa shape index (κ3) is 3.52. The largest absolute Gasteiger partial charge is 0.297 e. The fourth-order valence-electron chi connectivity index (χ4n) is 2.44. The second-order valence-corrected chi connectivity index (χ2v) is 5.19. The van der Waals surface area contributed by atoms with Gasteiger partial charge in [-0.25, -0.2) is 4.39 Å². The summed E-state index contributed by atoms with van der Waals surface area (Å²) in [5.74, 6) is -0.169. The van der Waals surface area contributed by atoms with E-state index in [2.05, 4.69) is 15.9 Å². The van der Waals surface area contributed by atoms with Crippen LogP contribution in [0.1, 0.15) is 18.1 Å². The number of rotatable bonds is 3. The highest BCUT2D eigenvalue weighted by atomic mass is 19.1. The minimum Gasteiger partial charge on any atom is -0.297 e. The molecule has 0 amide bonds. The SMILES string of the molecule is Cc1ccc(F)cc1CN1CCN(C(C)C#N)CC1. The van der Waals surface area contributed by atoms with Gasteiger partial charge in [-0.2, -0.15) is 5.26 Å². The molecule has 0 aliphatic carbocycles. The molecule has 1 aromatic carbocycles. The van der Waals surface area contributed by atoms with Gasteiger partial charge in [0.1, 0.15) is 5.82 Å². The predicted molar refractivity (Wildman–Crippen MR) is 73.1 cm³/mol. The van der Waals surface area contributed by atoms with E-state index in [1.807, 2.05) is 19.9 Å². The third-order valence-corrected chi connectivity index (χ3v) is 3.85. The molecule has 1 heterocycles. The van der Waals surface area contributed by atoms with Gasteiger partial charge in [0.2, 0.25) is 0 Å². The summed E-state index contributed by atoms with van der Waals surface area (Å²) in [6, 6.07) is 7.22. The van der Waals surface area contributed by atoms with Crippen LogP contribution in [0.25, 0.3) is 0 Å². The smallest absolute Gasteiger partial charge is 0.123 e. The summed E-state index contributed by atoms with van der Waals surface area (Å²) in [5, 5.41) is 8.91. The molecular formula is C15H20FN3. The van der Waals surface area contributed by atoms with Gasteiger partial charge in [-0.3, -0.25) is 9.80 Å². The van der Waals surface area contributed by atoms with Crippen LogP contribution in [0, 0.1) is 24.1 Å². The number of aryl methyl sites for hydroxylation is 1. The van der Waals surface area contributed by atoms with Crippen molar-refractivity contribution in [2.75, 3.05) is 26.2 Å². The Morgan fingerprint density at radius 3 is 2.63 bits per heavy atom. The molecule has 0 saturated carbocycles. The van der Waals surface area contributed by atoms with Crippen molar-refractivity contribution in [3.8, 4) is 6.07 Å². The molecule has 0 radical (unpaired) electrons. The van der Waals surface area contributed by atoms with Crippen molar-refractivity contribution in [1.82, 2.24) is 9.80 Å². The van der Waals surface area contributed by atoms with E-state index in [0.29, 0.717) is 0 Å². The molecule has 1 aliphatic heterocycles. The lowest BCUT2D eigenvalue weighted by Crippen LogP contribution is -2.48. The Kier molecular flexibility index (Phi) is 4.52. The number of benzene rings is 1.